The van der Waals surface area contributed by atoms with Crippen LogP contribution in [0, 0.1) is 5.92 Å². The lowest BCUT2D eigenvalue weighted by Gasteiger charge is -2.24. The van der Waals surface area contributed by atoms with Crippen LogP contribution in [0.5, 0.6) is 0 Å². The third kappa shape index (κ3) is 14.6. The van der Waals surface area contributed by atoms with Crippen molar-refractivity contribution in [2.75, 3.05) is 6.61 Å². The maximum absolute atomic E-state index is 12.9. The minimum atomic E-state index is -0.766. The molecule has 7 nitrogen and oxygen atoms in total. The predicted molar refractivity (Wildman–Crippen MR) is 135 cm³/mol. The number of nitrogens with one attached hydrogen (secondary N) is 2. The van der Waals surface area contributed by atoms with Gasteiger partial charge in [0.05, 0.1) is 12.6 Å². The summed E-state index contributed by atoms with van der Waals surface area (Å²) in [5, 5.41) is 5.82. The molecule has 1 rings (SSSR count). The lowest BCUT2D eigenvalue weighted by atomic mass is 10.0. The normalized spacial score (nSPS) is 18.6. The number of esters is 1. The van der Waals surface area contributed by atoms with Gasteiger partial charge >= 0.3 is 5.97 Å². The second kappa shape index (κ2) is 18.7. The standard InChI is InChI=1S/C27H50N2O5/c1-5-6-7-8-9-10-11-12-13-14-15-16-17-25(31)28-24(20-21(2)3)26(32)29-23-18-19-33-27(23)34-22(4)30/h21,23-24,27H,5-20H2,1-4H3,(H,28,31)(H,29,32)/t23-,24?,27-/m0/s1. The van der Waals surface area contributed by atoms with Gasteiger partial charge < -0.3 is 20.1 Å². The first-order valence-corrected chi connectivity index (χ1v) is 13.7. The number of hydrogen-bond donors (Lipinski definition) is 2. The third-order valence-electron chi connectivity index (χ3n) is 6.27. The van der Waals surface area contributed by atoms with Crippen LogP contribution in [0.15, 0.2) is 0 Å². The molecule has 0 aromatic heterocycles. The molecule has 3 atom stereocenters. The molecule has 1 aliphatic heterocycles. The highest BCUT2D eigenvalue weighted by atomic mass is 16.7. The van der Waals surface area contributed by atoms with E-state index in [9.17, 15) is 14.4 Å². The van der Waals surface area contributed by atoms with Crippen molar-refractivity contribution < 1.29 is 23.9 Å². The molecule has 0 aliphatic carbocycles. The largest absolute Gasteiger partial charge is 0.434 e. The Morgan fingerprint density at radius 3 is 2.00 bits per heavy atom. The van der Waals surface area contributed by atoms with Gasteiger partial charge in [0.2, 0.25) is 18.1 Å². The number of rotatable bonds is 19. The van der Waals surface area contributed by atoms with Crippen LogP contribution < -0.4 is 10.6 Å². The number of carbonyl (C=O) groups is 3. The first-order chi connectivity index (χ1) is 16.3. The Bertz CT molecular complexity index is 581. The molecule has 1 saturated heterocycles. The first-order valence-electron chi connectivity index (χ1n) is 13.7. The SMILES string of the molecule is CCCCCCCCCCCCCCC(=O)NC(CC(C)C)C(=O)N[C@H]1CCO[C@H]1OC(C)=O. The average Bonchev–Trinajstić information content (AvgIpc) is 3.19. The van der Waals surface area contributed by atoms with Gasteiger partial charge in [0, 0.05) is 13.3 Å². The summed E-state index contributed by atoms with van der Waals surface area (Å²) < 4.78 is 10.5. The summed E-state index contributed by atoms with van der Waals surface area (Å²) in [6.45, 7) is 8.04. The van der Waals surface area contributed by atoms with E-state index in [1.54, 1.807) is 0 Å². The molecule has 0 bridgehead atoms. The second-order valence-corrected chi connectivity index (χ2v) is 10.1. The van der Waals surface area contributed by atoms with Crippen LogP contribution in [0.3, 0.4) is 0 Å². The highest BCUT2D eigenvalue weighted by Gasteiger charge is 2.34. The van der Waals surface area contributed by atoms with Crippen LogP contribution >= 0.6 is 0 Å². The number of unbranched alkanes of at least 4 members (excludes halogenated alkanes) is 11. The van der Waals surface area contributed by atoms with Gasteiger partial charge in [0.1, 0.15) is 6.04 Å². The quantitative estimate of drug-likeness (QED) is 0.190. The number of hydrogen-bond acceptors (Lipinski definition) is 5. The van der Waals surface area contributed by atoms with E-state index >= 15 is 0 Å². The van der Waals surface area contributed by atoms with Gasteiger partial charge in [-0.05, 0) is 25.2 Å². The lowest BCUT2D eigenvalue weighted by Crippen LogP contribution is -2.52. The Kier molecular flexibility index (Phi) is 16.7. The summed E-state index contributed by atoms with van der Waals surface area (Å²) in [6.07, 6.45) is 15.9. The summed E-state index contributed by atoms with van der Waals surface area (Å²) in [4.78, 5) is 36.6. The molecule has 198 valence electrons. The van der Waals surface area contributed by atoms with Gasteiger partial charge in [-0.25, -0.2) is 0 Å². The molecule has 0 spiro atoms. The zero-order valence-corrected chi connectivity index (χ0v) is 22.2. The van der Waals surface area contributed by atoms with Crippen LogP contribution in [0.2, 0.25) is 0 Å². The van der Waals surface area contributed by atoms with Crippen molar-refractivity contribution in [3.63, 3.8) is 0 Å². The van der Waals surface area contributed by atoms with E-state index in [1.807, 2.05) is 13.8 Å². The maximum atomic E-state index is 12.9. The van der Waals surface area contributed by atoms with E-state index in [0.29, 0.717) is 25.9 Å². The molecule has 0 radical (unpaired) electrons. The minimum absolute atomic E-state index is 0.0768. The Morgan fingerprint density at radius 2 is 1.47 bits per heavy atom. The van der Waals surface area contributed by atoms with E-state index in [4.69, 9.17) is 9.47 Å². The summed E-state index contributed by atoms with van der Waals surface area (Å²) in [6, 6.07) is -0.984. The molecule has 1 fully saturated rings. The number of amides is 2. The molecule has 2 amide bonds. The fraction of sp³-hybridized carbons (Fsp3) is 0.889. The maximum Gasteiger partial charge on any atom is 0.305 e. The van der Waals surface area contributed by atoms with Gasteiger partial charge in [-0.2, -0.15) is 0 Å². The molecule has 1 aliphatic rings. The predicted octanol–water partition coefficient (Wildman–Crippen LogP) is 5.40. The van der Waals surface area contributed by atoms with E-state index in [0.717, 1.165) is 19.3 Å². The van der Waals surface area contributed by atoms with E-state index in [2.05, 4.69) is 17.6 Å². The smallest absolute Gasteiger partial charge is 0.305 e. The van der Waals surface area contributed by atoms with Crippen molar-refractivity contribution in [1.82, 2.24) is 10.6 Å². The number of ether oxygens (including phenoxy) is 2. The summed E-state index contributed by atoms with van der Waals surface area (Å²) in [5.41, 5.74) is 0. The number of carbonyl (C=O) groups excluding carboxylic acids is 3. The monoisotopic (exact) mass is 482 g/mol. The van der Waals surface area contributed by atoms with Crippen molar-refractivity contribution in [1.29, 1.82) is 0 Å². The highest BCUT2D eigenvalue weighted by Crippen LogP contribution is 2.16. The highest BCUT2D eigenvalue weighted by molar-refractivity contribution is 5.87. The Hall–Kier alpha value is -1.63. The van der Waals surface area contributed by atoms with Crippen molar-refractivity contribution in [3.05, 3.63) is 0 Å². The van der Waals surface area contributed by atoms with Gasteiger partial charge in [0.25, 0.3) is 0 Å². The zero-order chi connectivity index (χ0) is 25.2. The van der Waals surface area contributed by atoms with E-state index in [-0.39, 0.29) is 23.8 Å². The van der Waals surface area contributed by atoms with Crippen LogP contribution in [0.4, 0.5) is 0 Å². The molecule has 1 unspecified atom stereocenters. The van der Waals surface area contributed by atoms with Gasteiger partial charge in [-0.15, -0.1) is 0 Å². The fourth-order valence-corrected chi connectivity index (χ4v) is 4.36. The van der Waals surface area contributed by atoms with Crippen molar-refractivity contribution in [3.8, 4) is 0 Å². The molecule has 7 heteroatoms. The van der Waals surface area contributed by atoms with Crippen LogP contribution in [-0.4, -0.2) is 42.8 Å². The fourth-order valence-electron chi connectivity index (χ4n) is 4.36. The molecule has 0 aromatic carbocycles. The molecule has 0 aromatic rings. The van der Waals surface area contributed by atoms with Crippen molar-refractivity contribution in [2.45, 2.75) is 142 Å². The molecular formula is C27H50N2O5. The first kappa shape index (κ1) is 30.4. The topological polar surface area (TPSA) is 93.7 Å². The molecule has 1 heterocycles. The molecular weight excluding hydrogens is 432 g/mol. The van der Waals surface area contributed by atoms with Gasteiger partial charge in [-0.1, -0.05) is 91.4 Å². The summed E-state index contributed by atoms with van der Waals surface area (Å²) in [7, 11) is 0. The third-order valence-corrected chi connectivity index (χ3v) is 6.27. The molecule has 0 saturated carbocycles. The lowest BCUT2D eigenvalue weighted by molar-refractivity contribution is -0.170. The van der Waals surface area contributed by atoms with Crippen molar-refractivity contribution >= 4 is 17.8 Å². The summed E-state index contributed by atoms with van der Waals surface area (Å²) in [5.74, 6) is -0.510. The van der Waals surface area contributed by atoms with Gasteiger partial charge in [-0.3, -0.25) is 14.4 Å². The second-order valence-electron chi connectivity index (χ2n) is 10.1. The minimum Gasteiger partial charge on any atom is -0.434 e. The summed E-state index contributed by atoms with van der Waals surface area (Å²) >= 11 is 0. The average molecular weight is 483 g/mol. The van der Waals surface area contributed by atoms with Gasteiger partial charge in [0.15, 0.2) is 0 Å². The van der Waals surface area contributed by atoms with E-state index < -0.39 is 18.3 Å². The van der Waals surface area contributed by atoms with Crippen molar-refractivity contribution in [2.24, 2.45) is 5.92 Å². The van der Waals surface area contributed by atoms with Crippen LogP contribution in [-0.2, 0) is 23.9 Å². The molecule has 34 heavy (non-hydrogen) atoms. The zero-order valence-electron chi connectivity index (χ0n) is 22.2. The van der Waals surface area contributed by atoms with E-state index in [1.165, 1.54) is 64.7 Å². The Morgan fingerprint density at radius 1 is 0.912 bits per heavy atom. The Balaban J connectivity index is 2.24. The van der Waals surface area contributed by atoms with Crippen LogP contribution in [0.25, 0.3) is 0 Å². The Labute approximate surface area is 207 Å². The molecule has 2 N–H and O–H groups in total. The van der Waals surface area contributed by atoms with Crippen LogP contribution in [0.1, 0.15) is 124 Å².